The zero-order valence-corrected chi connectivity index (χ0v) is 15.6. The Balaban J connectivity index is 2.18. The summed E-state index contributed by atoms with van der Waals surface area (Å²) in [6, 6.07) is 3.24. The number of aromatic nitrogens is 1. The van der Waals surface area contributed by atoms with Gasteiger partial charge in [-0.05, 0) is 26.0 Å². The van der Waals surface area contributed by atoms with E-state index in [9.17, 15) is 14.7 Å². The summed E-state index contributed by atoms with van der Waals surface area (Å²) in [4.78, 5) is 29.0. The first kappa shape index (κ1) is 18.9. The normalized spacial score (nSPS) is 12.3. The van der Waals surface area contributed by atoms with Gasteiger partial charge < -0.3 is 25.7 Å². The summed E-state index contributed by atoms with van der Waals surface area (Å²) in [6.07, 6.45) is 1.70. The van der Waals surface area contributed by atoms with Crippen LogP contribution in [0.1, 0.15) is 37.5 Å². The topological polar surface area (TPSA) is 142 Å². The molecule has 9 heteroatoms. The van der Waals surface area contributed by atoms with E-state index in [0.29, 0.717) is 22.5 Å². The number of nitrogens with two attached hydrogens (primary N) is 2. The van der Waals surface area contributed by atoms with Crippen LogP contribution >= 0.6 is 11.3 Å². The molecule has 3 rings (SSSR count). The molecule has 1 aromatic carbocycles. The SMILES string of the molecule is Cc1ncc(COc2ccc3oc(C)c(C(N)=O)c3c2C(CO)C(N)=O)s1. The van der Waals surface area contributed by atoms with Gasteiger partial charge in [-0.15, -0.1) is 11.3 Å². The molecule has 0 saturated heterocycles. The maximum atomic E-state index is 12.0. The molecule has 0 bridgehead atoms. The maximum Gasteiger partial charge on any atom is 0.252 e. The van der Waals surface area contributed by atoms with Crippen LogP contribution in [0.4, 0.5) is 0 Å². The summed E-state index contributed by atoms with van der Waals surface area (Å²) in [5.74, 6) is -1.91. The molecular formula is C18H19N3O5S. The number of hydrogen-bond acceptors (Lipinski definition) is 7. The van der Waals surface area contributed by atoms with E-state index in [-0.39, 0.29) is 17.7 Å². The average molecular weight is 389 g/mol. The number of carbonyl (C=O) groups is 2. The Bertz CT molecular complexity index is 1020. The molecule has 0 aliphatic carbocycles. The minimum atomic E-state index is -1.08. The average Bonchev–Trinajstić information content (AvgIpc) is 3.16. The summed E-state index contributed by atoms with van der Waals surface area (Å²) in [5, 5.41) is 11.0. The van der Waals surface area contributed by atoms with Gasteiger partial charge in [0.2, 0.25) is 5.91 Å². The lowest BCUT2D eigenvalue weighted by molar-refractivity contribution is -0.120. The van der Waals surface area contributed by atoms with Crippen molar-refractivity contribution < 1.29 is 23.8 Å². The number of ether oxygens (including phenoxy) is 1. The van der Waals surface area contributed by atoms with Gasteiger partial charge in [0.15, 0.2) is 0 Å². The Morgan fingerprint density at radius 3 is 2.63 bits per heavy atom. The lowest BCUT2D eigenvalue weighted by Gasteiger charge is -2.17. The summed E-state index contributed by atoms with van der Waals surface area (Å²) >= 11 is 1.48. The van der Waals surface area contributed by atoms with E-state index in [4.69, 9.17) is 20.6 Å². The van der Waals surface area contributed by atoms with Crippen LogP contribution in [0.3, 0.4) is 0 Å². The fourth-order valence-electron chi connectivity index (χ4n) is 3.03. The number of benzene rings is 1. The molecule has 1 atom stereocenters. The van der Waals surface area contributed by atoms with Crippen LogP contribution in [0.2, 0.25) is 0 Å². The second kappa shape index (κ2) is 7.37. The van der Waals surface area contributed by atoms with Gasteiger partial charge in [0.05, 0.1) is 28.0 Å². The highest BCUT2D eigenvalue weighted by molar-refractivity contribution is 7.11. The molecule has 8 nitrogen and oxygen atoms in total. The zero-order chi connectivity index (χ0) is 19.7. The van der Waals surface area contributed by atoms with Crippen molar-refractivity contribution >= 4 is 34.1 Å². The fourth-order valence-corrected chi connectivity index (χ4v) is 3.74. The summed E-state index contributed by atoms with van der Waals surface area (Å²) in [5.41, 5.74) is 11.8. The van der Waals surface area contributed by atoms with Gasteiger partial charge in [-0.1, -0.05) is 0 Å². The second-order valence-corrected chi connectivity index (χ2v) is 7.34. The third kappa shape index (κ3) is 3.51. The Morgan fingerprint density at radius 1 is 1.33 bits per heavy atom. The molecule has 0 spiro atoms. The van der Waals surface area contributed by atoms with E-state index in [1.807, 2.05) is 6.92 Å². The van der Waals surface area contributed by atoms with Gasteiger partial charge in [0.25, 0.3) is 5.91 Å². The van der Waals surface area contributed by atoms with Crippen molar-refractivity contribution in [1.82, 2.24) is 4.98 Å². The first-order chi connectivity index (χ1) is 12.8. The van der Waals surface area contributed by atoms with E-state index in [1.54, 1.807) is 25.3 Å². The van der Waals surface area contributed by atoms with Crippen LogP contribution in [-0.4, -0.2) is 28.5 Å². The molecule has 27 heavy (non-hydrogen) atoms. The minimum absolute atomic E-state index is 0.138. The highest BCUT2D eigenvalue weighted by Crippen LogP contribution is 2.39. The number of rotatable bonds is 7. The molecule has 2 amide bonds. The van der Waals surface area contributed by atoms with E-state index in [1.165, 1.54) is 11.3 Å². The van der Waals surface area contributed by atoms with Crippen LogP contribution in [0.15, 0.2) is 22.7 Å². The van der Waals surface area contributed by atoms with Crippen molar-refractivity contribution in [2.24, 2.45) is 11.5 Å². The third-order valence-electron chi connectivity index (χ3n) is 4.19. The molecule has 2 aromatic heterocycles. The molecule has 0 aliphatic heterocycles. The second-order valence-electron chi connectivity index (χ2n) is 6.02. The minimum Gasteiger partial charge on any atom is -0.488 e. The number of nitrogens with zero attached hydrogens (tertiary/aromatic N) is 1. The summed E-state index contributed by atoms with van der Waals surface area (Å²) < 4.78 is 11.5. The molecule has 0 saturated carbocycles. The van der Waals surface area contributed by atoms with E-state index < -0.39 is 24.3 Å². The van der Waals surface area contributed by atoms with Gasteiger partial charge in [0.1, 0.15) is 23.7 Å². The predicted molar refractivity (Wildman–Crippen MR) is 99.7 cm³/mol. The van der Waals surface area contributed by atoms with Gasteiger partial charge in [-0.3, -0.25) is 9.59 Å². The monoisotopic (exact) mass is 389 g/mol. The number of aliphatic hydroxyl groups excluding tert-OH is 1. The number of primary amides is 2. The van der Waals surface area contributed by atoms with Crippen LogP contribution in [-0.2, 0) is 11.4 Å². The van der Waals surface area contributed by atoms with Crippen molar-refractivity contribution in [2.45, 2.75) is 26.4 Å². The molecule has 3 aromatic rings. The van der Waals surface area contributed by atoms with E-state index in [0.717, 1.165) is 9.88 Å². The number of thiazole rings is 1. The quantitative estimate of drug-likeness (QED) is 0.562. The standard InChI is InChI=1S/C18H19N3O5S/c1-8-14(18(20)24)16-13(26-8)4-3-12(15(16)11(6-22)17(19)23)25-7-10-5-21-9(2)27-10/h3-5,11,22H,6-7H2,1-2H3,(H2,19,23)(H2,20,24). The van der Waals surface area contributed by atoms with Gasteiger partial charge in [0, 0.05) is 17.1 Å². The number of carbonyl (C=O) groups excluding carboxylic acids is 2. The van der Waals surface area contributed by atoms with E-state index >= 15 is 0 Å². The van der Waals surface area contributed by atoms with Crippen molar-refractivity contribution in [1.29, 1.82) is 0 Å². The zero-order valence-electron chi connectivity index (χ0n) is 14.8. The van der Waals surface area contributed by atoms with Gasteiger partial charge >= 0.3 is 0 Å². The molecule has 5 N–H and O–H groups in total. The Hall–Kier alpha value is -2.91. The van der Waals surface area contributed by atoms with Gasteiger partial charge in [-0.2, -0.15) is 0 Å². The Kier molecular flexibility index (Phi) is 5.15. The molecule has 1 unspecified atom stereocenters. The highest BCUT2D eigenvalue weighted by Gasteiger charge is 2.29. The van der Waals surface area contributed by atoms with Crippen LogP contribution < -0.4 is 16.2 Å². The van der Waals surface area contributed by atoms with Crippen molar-refractivity contribution in [3.63, 3.8) is 0 Å². The number of amides is 2. The largest absolute Gasteiger partial charge is 0.488 e. The first-order valence-corrected chi connectivity index (χ1v) is 8.95. The number of fused-ring (bicyclic) bond motifs is 1. The molecule has 2 heterocycles. The first-order valence-electron chi connectivity index (χ1n) is 8.13. The van der Waals surface area contributed by atoms with Crippen molar-refractivity contribution in [3.05, 3.63) is 45.1 Å². The van der Waals surface area contributed by atoms with E-state index in [2.05, 4.69) is 4.98 Å². The molecule has 142 valence electrons. The van der Waals surface area contributed by atoms with Crippen molar-refractivity contribution in [2.75, 3.05) is 6.61 Å². The lowest BCUT2D eigenvalue weighted by atomic mass is 9.92. The Morgan fingerprint density at radius 2 is 2.07 bits per heavy atom. The number of hydrogen-bond donors (Lipinski definition) is 3. The van der Waals surface area contributed by atoms with Gasteiger partial charge in [-0.25, -0.2) is 4.98 Å². The van der Waals surface area contributed by atoms with Crippen LogP contribution in [0, 0.1) is 13.8 Å². The molecular weight excluding hydrogens is 370 g/mol. The molecule has 0 radical (unpaired) electrons. The third-order valence-corrected chi connectivity index (χ3v) is 5.08. The number of aliphatic hydroxyl groups is 1. The predicted octanol–water partition coefficient (Wildman–Crippen LogP) is 1.75. The lowest BCUT2D eigenvalue weighted by Crippen LogP contribution is -2.25. The number of aryl methyl sites for hydroxylation is 2. The Labute approximate surface area is 158 Å². The molecule has 0 aliphatic rings. The highest BCUT2D eigenvalue weighted by atomic mass is 32.1. The number of furan rings is 1. The fraction of sp³-hybridized carbons (Fsp3) is 0.278. The summed E-state index contributed by atoms with van der Waals surface area (Å²) in [7, 11) is 0. The smallest absolute Gasteiger partial charge is 0.252 e. The van der Waals surface area contributed by atoms with Crippen molar-refractivity contribution in [3.8, 4) is 5.75 Å². The van der Waals surface area contributed by atoms with Crippen LogP contribution in [0.5, 0.6) is 5.75 Å². The summed E-state index contributed by atoms with van der Waals surface area (Å²) in [6.45, 7) is 3.15. The molecule has 0 fully saturated rings. The maximum absolute atomic E-state index is 12.0. The van der Waals surface area contributed by atoms with Crippen LogP contribution in [0.25, 0.3) is 11.0 Å².